The number of amides is 1. The monoisotopic (exact) mass is 299 g/mol. The number of carbonyl (C=O) groups is 2. The van der Waals surface area contributed by atoms with Crippen LogP contribution in [0.5, 0.6) is 0 Å². The van der Waals surface area contributed by atoms with Gasteiger partial charge in [-0.05, 0) is 12.3 Å². The first-order chi connectivity index (χ1) is 9.86. The van der Waals surface area contributed by atoms with E-state index in [9.17, 15) is 9.59 Å². The van der Waals surface area contributed by atoms with Crippen molar-refractivity contribution >= 4 is 11.9 Å². The van der Waals surface area contributed by atoms with Crippen molar-refractivity contribution in [3.05, 3.63) is 0 Å². The van der Waals surface area contributed by atoms with Crippen LogP contribution >= 0.6 is 0 Å². The molecule has 0 aromatic heterocycles. The van der Waals surface area contributed by atoms with Crippen molar-refractivity contribution in [2.24, 2.45) is 11.3 Å². The van der Waals surface area contributed by atoms with Crippen molar-refractivity contribution in [1.82, 2.24) is 15.5 Å². The van der Waals surface area contributed by atoms with Gasteiger partial charge in [-0.1, -0.05) is 20.8 Å². The third-order valence-electron chi connectivity index (χ3n) is 3.59. The minimum Gasteiger partial charge on any atom is -0.465 e. The van der Waals surface area contributed by atoms with E-state index in [1.165, 1.54) is 0 Å². The van der Waals surface area contributed by atoms with E-state index in [-0.39, 0.29) is 5.91 Å². The number of carbonyl (C=O) groups excluding carboxylic acids is 2. The lowest BCUT2D eigenvalue weighted by Crippen LogP contribution is -2.48. The molecule has 2 N–H and O–H groups in total. The van der Waals surface area contributed by atoms with Crippen molar-refractivity contribution in [2.45, 2.75) is 27.7 Å². The summed E-state index contributed by atoms with van der Waals surface area (Å²) in [6, 6.07) is 0. The molecule has 0 aromatic carbocycles. The molecule has 0 spiro atoms. The molecule has 6 nitrogen and oxygen atoms in total. The van der Waals surface area contributed by atoms with Gasteiger partial charge in [-0.3, -0.25) is 14.5 Å². The zero-order valence-electron chi connectivity index (χ0n) is 13.7. The number of esters is 1. The van der Waals surface area contributed by atoms with Gasteiger partial charge < -0.3 is 15.4 Å². The zero-order valence-corrected chi connectivity index (χ0v) is 13.7. The Hall–Kier alpha value is -1.14. The highest BCUT2D eigenvalue weighted by molar-refractivity contribution is 5.98. The average Bonchev–Trinajstić information content (AvgIpc) is 2.38. The van der Waals surface area contributed by atoms with Gasteiger partial charge in [0.2, 0.25) is 5.91 Å². The van der Waals surface area contributed by atoms with Crippen LogP contribution in [0.2, 0.25) is 0 Å². The van der Waals surface area contributed by atoms with Gasteiger partial charge >= 0.3 is 5.97 Å². The topological polar surface area (TPSA) is 70.7 Å². The molecule has 1 amide bonds. The molecule has 21 heavy (non-hydrogen) atoms. The van der Waals surface area contributed by atoms with Gasteiger partial charge in [0.25, 0.3) is 0 Å². The second kappa shape index (κ2) is 8.34. The summed E-state index contributed by atoms with van der Waals surface area (Å²) in [4.78, 5) is 26.6. The Morgan fingerprint density at radius 3 is 2.43 bits per heavy atom. The van der Waals surface area contributed by atoms with Crippen LogP contribution in [0.4, 0.5) is 0 Å². The first-order valence-corrected chi connectivity index (χ1v) is 7.73. The van der Waals surface area contributed by atoms with Gasteiger partial charge in [0.1, 0.15) is 5.92 Å². The third-order valence-corrected chi connectivity index (χ3v) is 3.59. The predicted molar refractivity (Wildman–Crippen MR) is 81.9 cm³/mol. The maximum absolute atomic E-state index is 12.3. The van der Waals surface area contributed by atoms with E-state index in [0.717, 1.165) is 32.7 Å². The molecular weight excluding hydrogens is 270 g/mol. The second-order valence-electron chi connectivity index (χ2n) is 6.43. The third kappa shape index (κ3) is 6.01. The second-order valence-corrected chi connectivity index (χ2v) is 6.43. The summed E-state index contributed by atoms with van der Waals surface area (Å²) in [6.07, 6.45) is 0. The zero-order chi connectivity index (χ0) is 15.9. The van der Waals surface area contributed by atoms with Gasteiger partial charge in [-0.2, -0.15) is 0 Å². The van der Waals surface area contributed by atoms with E-state index in [4.69, 9.17) is 4.74 Å². The molecular formula is C15H29N3O3. The summed E-state index contributed by atoms with van der Waals surface area (Å²) in [5.41, 5.74) is -0.453. The number of ether oxygens (including phenoxy) is 1. The van der Waals surface area contributed by atoms with Crippen LogP contribution in [-0.2, 0) is 14.3 Å². The predicted octanol–water partition coefficient (Wildman–Crippen LogP) is 0.233. The fraction of sp³-hybridized carbons (Fsp3) is 0.867. The molecule has 1 atom stereocenters. The lowest BCUT2D eigenvalue weighted by atomic mass is 9.80. The average molecular weight is 299 g/mol. The molecule has 1 saturated heterocycles. The Balaban J connectivity index is 2.46. The smallest absolute Gasteiger partial charge is 0.319 e. The number of hydrogen-bond donors (Lipinski definition) is 2. The van der Waals surface area contributed by atoms with Crippen LogP contribution in [0.3, 0.4) is 0 Å². The lowest BCUT2D eigenvalue weighted by molar-refractivity contribution is -0.156. The Bertz CT molecular complexity index is 347. The van der Waals surface area contributed by atoms with Crippen LogP contribution in [0.15, 0.2) is 0 Å². The van der Waals surface area contributed by atoms with E-state index in [0.29, 0.717) is 13.2 Å². The first-order valence-electron chi connectivity index (χ1n) is 7.73. The number of hydrogen-bond acceptors (Lipinski definition) is 5. The fourth-order valence-corrected chi connectivity index (χ4v) is 2.45. The highest BCUT2D eigenvalue weighted by atomic mass is 16.5. The molecule has 1 unspecified atom stereocenters. The summed E-state index contributed by atoms with van der Waals surface area (Å²) in [5, 5.41) is 6.16. The van der Waals surface area contributed by atoms with Gasteiger partial charge in [0.05, 0.1) is 6.61 Å². The van der Waals surface area contributed by atoms with Crippen LogP contribution in [0.25, 0.3) is 0 Å². The van der Waals surface area contributed by atoms with Crippen molar-refractivity contribution in [3.8, 4) is 0 Å². The summed E-state index contributed by atoms with van der Waals surface area (Å²) in [7, 11) is 0. The normalized spacial score (nSPS) is 18.1. The van der Waals surface area contributed by atoms with Crippen LogP contribution in [0.1, 0.15) is 27.7 Å². The highest BCUT2D eigenvalue weighted by Crippen LogP contribution is 2.27. The molecule has 1 aliphatic rings. The van der Waals surface area contributed by atoms with Crippen molar-refractivity contribution in [2.75, 3.05) is 45.9 Å². The van der Waals surface area contributed by atoms with Crippen LogP contribution < -0.4 is 10.6 Å². The number of piperazine rings is 1. The molecule has 6 heteroatoms. The van der Waals surface area contributed by atoms with E-state index in [1.54, 1.807) is 6.92 Å². The van der Waals surface area contributed by atoms with E-state index in [1.807, 2.05) is 20.8 Å². The molecule has 0 aliphatic carbocycles. The maximum atomic E-state index is 12.3. The Morgan fingerprint density at radius 2 is 1.90 bits per heavy atom. The SMILES string of the molecule is CCOC(=O)C(C(=O)NCCN1CCNCC1)C(C)(C)C. The van der Waals surface area contributed by atoms with Crippen molar-refractivity contribution in [1.29, 1.82) is 0 Å². The van der Waals surface area contributed by atoms with Gasteiger partial charge in [0, 0.05) is 39.3 Å². The molecule has 0 aromatic rings. The quantitative estimate of drug-likeness (QED) is 0.543. The highest BCUT2D eigenvalue weighted by Gasteiger charge is 2.38. The standard InChI is InChI=1S/C15H29N3O3/c1-5-21-14(20)12(15(2,3)4)13(19)17-8-11-18-9-6-16-7-10-18/h12,16H,5-11H2,1-4H3,(H,17,19). The van der Waals surface area contributed by atoms with Crippen molar-refractivity contribution in [3.63, 3.8) is 0 Å². The molecule has 1 aliphatic heterocycles. The Kier molecular flexibility index (Phi) is 7.11. The number of rotatable bonds is 6. The summed E-state index contributed by atoms with van der Waals surface area (Å²) in [6.45, 7) is 13.0. The molecule has 1 fully saturated rings. The summed E-state index contributed by atoms with van der Waals surface area (Å²) >= 11 is 0. The van der Waals surface area contributed by atoms with Gasteiger partial charge in [-0.15, -0.1) is 0 Å². The van der Waals surface area contributed by atoms with Gasteiger partial charge in [0.15, 0.2) is 0 Å². The fourth-order valence-electron chi connectivity index (χ4n) is 2.45. The minimum atomic E-state index is -0.763. The van der Waals surface area contributed by atoms with Crippen LogP contribution in [0, 0.1) is 11.3 Å². The molecule has 0 radical (unpaired) electrons. The van der Waals surface area contributed by atoms with Crippen molar-refractivity contribution < 1.29 is 14.3 Å². The maximum Gasteiger partial charge on any atom is 0.319 e. The van der Waals surface area contributed by atoms with E-state index < -0.39 is 17.3 Å². The summed E-state index contributed by atoms with van der Waals surface area (Å²) in [5.74, 6) is -1.44. The summed E-state index contributed by atoms with van der Waals surface area (Å²) < 4.78 is 5.03. The van der Waals surface area contributed by atoms with Gasteiger partial charge in [-0.25, -0.2) is 0 Å². The molecule has 1 rings (SSSR count). The number of nitrogens with zero attached hydrogens (tertiary/aromatic N) is 1. The number of nitrogens with one attached hydrogen (secondary N) is 2. The Labute approximate surface area is 127 Å². The minimum absolute atomic E-state index is 0.240. The lowest BCUT2D eigenvalue weighted by Gasteiger charge is -2.29. The van der Waals surface area contributed by atoms with Crippen LogP contribution in [-0.4, -0.2) is 62.7 Å². The first kappa shape index (κ1) is 17.9. The molecule has 1 heterocycles. The van der Waals surface area contributed by atoms with E-state index in [2.05, 4.69) is 15.5 Å². The largest absolute Gasteiger partial charge is 0.465 e. The molecule has 0 saturated carbocycles. The molecule has 0 bridgehead atoms. The Morgan fingerprint density at radius 1 is 1.29 bits per heavy atom. The molecule has 122 valence electrons. The van der Waals surface area contributed by atoms with E-state index >= 15 is 0 Å².